The van der Waals surface area contributed by atoms with Crippen molar-refractivity contribution in [1.82, 2.24) is 9.80 Å². The van der Waals surface area contributed by atoms with E-state index in [1.807, 2.05) is 17.0 Å². The predicted molar refractivity (Wildman–Crippen MR) is 135 cm³/mol. The van der Waals surface area contributed by atoms with E-state index < -0.39 is 0 Å². The molecule has 6 rings (SSSR count). The number of nitriles is 1. The molecule has 0 bridgehead atoms. The number of hydrogen-bond acceptors (Lipinski definition) is 6. The number of rotatable bonds is 4. The van der Waals surface area contributed by atoms with E-state index in [-0.39, 0.29) is 12.0 Å². The summed E-state index contributed by atoms with van der Waals surface area (Å²) in [6, 6.07) is 8.16. The Bertz CT molecular complexity index is 1040. The summed E-state index contributed by atoms with van der Waals surface area (Å²) in [5.41, 5.74) is 1.47. The van der Waals surface area contributed by atoms with Crippen molar-refractivity contribution in [2.24, 2.45) is 28.8 Å². The van der Waals surface area contributed by atoms with Gasteiger partial charge in [0, 0.05) is 39.0 Å². The molecule has 5 aliphatic rings. The largest absolute Gasteiger partial charge is 0.393 e. The number of halogens is 1. The van der Waals surface area contributed by atoms with Crippen molar-refractivity contribution in [3.63, 3.8) is 0 Å². The minimum Gasteiger partial charge on any atom is -0.393 e. The van der Waals surface area contributed by atoms with E-state index in [9.17, 15) is 15.2 Å². The summed E-state index contributed by atoms with van der Waals surface area (Å²) in [7, 11) is 0. The van der Waals surface area contributed by atoms with Crippen LogP contribution in [0.25, 0.3) is 0 Å². The van der Waals surface area contributed by atoms with Crippen LogP contribution >= 0.6 is 11.6 Å². The van der Waals surface area contributed by atoms with E-state index >= 15 is 0 Å². The van der Waals surface area contributed by atoms with Gasteiger partial charge in [-0.05, 0) is 67.6 Å². The molecule has 4 fully saturated rings. The molecule has 186 valence electrons. The maximum Gasteiger partial charge on any atom is 0.222 e. The lowest BCUT2D eigenvalue weighted by Crippen LogP contribution is -2.40. The molecule has 2 saturated heterocycles. The molecule has 1 aromatic rings. The highest BCUT2D eigenvalue weighted by molar-refractivity contribution is 6.32. The molecule has 0 spiro atoms. The third-order valence-corrected chi connectivity index (χ3v) is 9.49. The van der Waals surface area contributed by atoms with Crippen molar-refractivity contribution in [2.45, 2.75) is 63.5 Å². The molecule has 3 aliphatic heterocycles. The fourth-order valence-electron chi connectivity index (χ4n) is 7.01. The third-order valence-electron chi connectivity index (χ3n) is 9.17. The Morgan fingerprint density at radius 2 is 1.86 bits per heavy atom. The Hall–Kier alpha value is -2.30. The van der Waals surface area contributed by atoms with Crippen LogP contribution in [0.3, 0.4) is 0 Å². The molecule has 1 aromatic carbocycles. The second-order valence-corrected chi connectivity index (χ2v) is 11.6. The summed E-state index contributed by atoms with van der Waals surface area (Å²) >= 11 is 6.37. The average Bonchev–Trinajstić information content (AvgIpc) is 3.39. The monoisotopic (exact) mass is 495 g/mol. The maximum absolute atomic E-state index is 12.8. The molecular formula is C27H34ClN5O2. The Morgan fingerprint density at radius 3 is 2.51 bits per heavy atom. The molecule has 2 saturated carbocycles. The van der Waals surface area contributed by atoms with E-state index in [2.05, 4.69) is 16.0 Å². The Kier molecular flexibility index (Phi) is 6.14. The van der Waals surface area contributed by atoms with Gasteiger partial charge in [-0.3, -0.25) is 9.80 Å². The number of hydrazone groups is 1. The van der Waals surface area contributed by atoms with Crippen molar-refractivity contribution < 1.29 is 9.90 Å². The summed E-state index contributed by atoms with van der Waals surface area (Å²) in [5.74, 6) is 3.78. The topological polar surface area (TPSA) is 83.2 Å². The van der Waals surface area contributed by atoms with Crippen molar-refractivity contribution in [3.8, 4) is 6.07 Å². The lowest BCUT2D eigenvalue weighted by atomic mass is 9.94. The highest BCUT2D eigenvalue weighted by atomic mass is 35.5. The number of carbonyl (C=O) groups excluding carboxylic acids is 1. The molecule has 4 atom stereocenters. The van der Waals surface area contributed by atoms with Crippen LogP contribution in [0.5, 0.6) is 0 Å². The zero-order valence-electron chi connectivity index (χ0n) is 20.2. The number of piperidine rings is 2. The summed E-state index contributed by atoms with van der Waals surface area (Å²) < 4.78 is 0. The number of anilines is 1. The van der Waals surface area contributed by atoms with Gasteiger partial charge in [-0.2, -0.15) is 10.4 Å². The molecule has 0 radical (unpaired) electrons. The minimum atomic E-state index is -0.243. The fourth-order valence-corrected chi connectivity index (χ4v) is 7.23. The van der Waals surface area contributed by atoms with E-state index in [4.69, 9.17) is 16.7 Å². The van der Waals surface area contributed by atoms with Crippen molar-refractivity contribution in [3.05, 3.63) is 28.8 Å². The van der Waals surface area contributed by atoms with E-state index in [1.54, 1.807) is 6.07 Å². The van der Waals surface area contributed by atoms with Gasteiger partial charge in [0.05, 0.1) is 28.4 Å². The highest BCUT2D eigenvalue weighted by Gasteiger charge is 2.57. The molecule has 1 N–H and O–H groups in total. The standard InChI is InChI=1S/C27H34ClN5O2/c28-24-11-19(6-5-18(24)14-29)33-25(17-3-1-2-4-17)13-26(30-33)32-15-22-21(23(22)16-32)12-27(35)31-9-7-20(34)8-10-31/h5-6,11,17,20-23,25,34H,1-4,7-10,12-13,15-16H2/t21?,22-,23+,25?. The normalized spacial score (nSPS) is 31.0. The summed E-state index contributed by atoms with van der Waals surface area (Å²) in [4.78, 5) is 17.2. The number of likely N-dealkylation sites (tertiary alicyclic amines) is 2. The quantitative estimate of drug-likeness (QED) is 0.686. The van der Waals surface area contributed by atoms with Gasteiger partial charge in [0.25, 0.3) is 0 Å². The molecular weight excluding hydrogens is 462 g/mol. The van der Waals surface area contributed by atoms with Crippen LogP contribution in [0.15, 0.2) is 23.3 Å². The van der Waals surface area contributed by atoms with Gasteiger partial charge in [0.15, 0.2) is 0 Å². The molecule has 1 amide bonds. The summed E-state index contributed by atoms with van der Waals surface area (Å²) in [5, 5.41) is 26.7. The van der Waals surface area contributed by atoms with Crippen LogP contribution in [-0.2, 0) is 4.79 Å². The minimum absolute atomic E-state index is 0.243. The number of aliphatic hydroxyl groups is 1. The number of benzene rings is 1. The number of amidine groups is 1. The van der Waals surface area contributed by atoms with Gasteiger partial charge in [-0.25, -0.2) is 0 Å². The first-order valence-electron chi connectivity index (χ1n) is 13.3. The van der Waals surface area contributed by atoms with Gasteiger partial charge in [-0.15, -0.1) is 0 Å². The first kappa shape index (κ1) is 23.1. The number of amides is 1. The van der Waals surface area contributed by atoms with Crippen molar-refractivity contribution in [1.29, 1.82) is 5.26 Å². The van der Waals surface area contributed by atoms with Gasteiger partial charge in [0.1, 0.15) is 11.9 Å². The molecule has 7 nitrogen and oxygen atoms in total. The second kappa shape index (κ2) is 9.29. The maximum atomic E-state index is 12.8. The van der Waals surface area contributed by atoms with Crippen LogP contribution in [0, 0.1) is 35.0 Å². The van der Waals surface area contributed by atoms with Gasteiger partial charge in [0.2, 0.25) is 5.91 Å². The Labute approximate surface area is 212 Å². The van der Waals surface area contributed by atoms with Gasteiger partial charge < -0.3 is 14.9 Å². The lowest BCUT2D eigenvalue weighted by Gasteiger charge is -2.30. The van der Waals surface area contributed by atoms with Crippen molar-refractivity contribution >= 4 is 29.0 Å². The molecule has 2 unspecified atom stereocenters. The molecule has 8 heteroatoms. The van der Waals surface area contributed by atoms with Crippen LogP contribution < -0.4 is 5.01 Å². The first-order chi connectivity index (χ1) is 17.0. The average molecular weight is 496 g/mol. The van der Waals surface area contributed by atoms with E-state index in [0.717, 1.165) is 25.2 Å². The first-order valence-corrected chi connectivity index (χ1v) is 13.7. The summed E-state index contributed by atoms with van der Waals surface area (Å²) in [6.07, 6.45) is 7.87. The molecule has 2 aliphatic carbocycles. The van der Waals surface area contributed by atoms with Crippen LogP contribution in [0.4, 0.5) is 5.69 Å². The van der Waals surface area contributed by atoms with E-state index in [1.165, 1.54) is 31.5 Å². The number of hydrogen-bond donors (Lipinski definition) is 1. The predicted octanol–water partition coefficient (Wildman–Crippen LogP) is 3.85. The van der Waals surface area contributed by atoms with Crippen molar-refractivity contribution in [2.75, 3.05) is 31.2 Å². The Morgan fingerprint density at radius 1 is 1.14 bits per heavy atom. The zero-order valence-corrected chi connectivity index (χ0v) is 20.9. The van der Waals surface area contributed by atoms with Crippen LogP contribution in [0.2, 0.25) is 5.02 Å². The summed E-state index contributed by atoms with van der Waals surface area (Å²) in [6.45, 7) is 3.39. The SMILES string of the molecule is N#Cc1ccc(N2N=C(N3C[C@@H]4C(CC(=O)N5CCC(O)CC5)[C@@H]4C3)CC2C2CCCC2)cc1Cl. The number of nitrogens with zero attached hydrogens (tertiary/aromatic N) is 5. The zero-order chi connectivity index (χ0) is 24.1. The fraction of sp³-hybridized carbons (Fsp3) is 0.667. The van der Waals surface area contributed by atoms with E-state index in [0.29, 0.717) is 72.7 Å². The second-order valence-electron chi connectivity index (χ2n) is 11.2. The smallest absolute Gasteiger partial charge is 0.222 e. The highest BCUT2D eigenvalue weighted by Crippen LogP contribution is 2.54. The molecule has 0 aromatic heterocycles. The number of aliphatic hydroxyl groups excluding tert-OH is 1. The number of carbonyl (C=O) groups is 1. The lowest BCUT2D eigenvalue weighted by molar-refractivity contribution is -0.133. The van der Waals surface area contributed by atoms with Gasteiger partial charge in [-0.1, -0.05) is 24.4 Å². The molecule has 35 heavy (non-hydrogen) atoms. The van der Waals surface area contributed by atoms with Gasteiger partial charge >= 0.3 is 0 Å². The van der Waals surface area contributed by atoms with Crippen LogP contribution in [-0.4, -0.2) is 65.0 Å². The molecule has 3 heterocycles. The third kappa shape index (κ3) is 4.40. The number of fused-ring (bicyclic) bond motifs is 1. The van der Waals surface area contributed by atoms with Crippen LogP contribution in [0.1, 0.15) is 56.9 Å². The Balaban J connectivity index is 1.11.